The topological polar surface area (TPSA) is 111 Å². The summed E-state index contributed by atoms with van der Waals surface area (Å²) in [4.78, 5) is 28.8. The van der Waals surface area contributed by atoms with Crippen LogP contribution in [0.2, 0.25) is 0 Å². The van der Waals surface area contributed by atoms with Gasteiger partial charge in [-0.15, -0.1) is 0 Å². The van der Waals surface area contributed by atoms with Gasteiger partial charge >= 0.3 is 0 Å². The van der Waals surface area contributed by atoms with Gasteiger partial charge in [0, 0.05) is 19.3 Å². The highest BCUT2D eigenvalue weighted by Crippen LogP contribution is 2.17. The molecule has 0 saturated heterocycles. The van der Waals surface area contributed by atoms with Crippen molar-refractivity contribution >= 4 is 23.2 Å². The van der Waals surface area contributed by atoms with Gasteiger partial charge in [0.15, 0.2) is 17.3 Å². The third-order valence-electron chi connectivity index (χ3n) is 2.89. The van der Waals surface area contributed by atoms with Crippen LogP contribution in [0.4, 0.5) is 17.3 Å². The normalized spacial score (nSPS) is 10.3. The molecule has 2 N–H and O–H groups in total. The van der Waals surface area contributed by atoms with Crippen LogP contribution in [0.5, 0.6) is 0 Å². The van der Waals surface area contributed by atoms with E-state index >= 15 is 0 Å². The van der Waals surface area contributed by atoms with Crippen molar-refractivity contribution in [2.24, 2.45) is 7.05 Å². The van der Waals surface area contributed by atoms with Crippen LogP contribution in [0.25, 0.3) is 0 Å². The standard InChI is InChI=1S/C14H14N8O/c1-9-5-17-13(19-10-6-15-8-16-7-10)12(18-9)14(23)20-11-3-4-22(2)21-11/h3-8H,1-2H3,(H,17,19)(H,20,21,23). The predicted octanol–water partition coefficient (Wildman–Crippen LogP) is 1.30. The molecule has 3 rings (SSSR count). The van der Waals surface area contributed by atoms with Gasteiger partial charge in [0.05, 0.1) is 30.0 Å². The van der Waals surface area contributed by atoms with E-state index in [1.807, 2.05) is 0 Å². The molecule has 3 heterocycles. The van der Waals surface area contributed by atoms with E-state index in [4.69, 9.17) is 0 Å². The van der Waals surface area contributed by atoms with Crippen molar-refractivity contribution in [1.29, 1.82) is 0 Å². The molecule has 3 aromatic rings. The second-order valence-electron chi connectivity index (χ2n) is 4.79. The highest BCUT2D eigenvalue weighted by atomic mass is 16.2. The summed E-state index contributed by atoms with van der Waals surface area (Å²) < 4.78 is 1.60. The zero-order valence-corrected chi connectivity index (χ0v) is 12.6. The molecule has 9 nitrogen and oxygen atoms in total. The van der Waals surface area contributed by atoms with Crippen LogP contribution in [0.1, 0.15) is 16.2 Å². The Morgan fingerprint density at radius 1 is 1.22 bits per heavy atom. The lowest BCUT2D eigenvalue weighted by Gasteiger charge is -2.10. The third kappa shape index (κ3) is 3.46. The van der Waals surface area contributed by atoms with E-state index in [0.717, 1.165) is 0 Å². The van der Waals surface area contributed by atoms with Gasteiger partial charge in [-0.05, 0) is 6.92 Å². The van der Waals surface area contributed by atoms with Gasteiger partial charge < -0.3 is 10.6 Å². The Morgan fingerprint density at radius 2 is 2.00 bits per heavy atom. The molecule has 0 aliphatic rings. The van der Waals surface area contributed by atoms with E-state index in [0.29, 0.717) is 23.0 Å². The number of amides is 1. The van der Waals surface area contributed by atoms with Crippen molar-refractivity contribution in [2.75, 3.05) is 10.6 Å². The molecule has 0 radical (unpaired) electrons. The number of aryl methyl sites for hydroxylation is 2. The fourth-order valence-electron chi connectivity index (χ4n) is 1.88. The van der Waals surface area contributed by atoms with Gasteiger partial charge in [-0.2, -0.15) is 5.10 Å². The maximum Gasteiger partial charge on any atom is 0.279 e. The molecule has 3 aromatic heterocycles. The molecule has 1 amide bonds. The molecule has 0 saturated carbocycles. The molecule has 0 fully saturated rings. The number of aromatic nitrogens is 6. The minimum Gasteiger partial charge on any atom is -0.336 e. The Labute approximate surface area is 131 Å². The first-order valence-corrected chi connectivity index (χ1v) is 6.78. The minimum atomic E-state index is -0.403. The number of nitrogens with zero attached hydrogens (tertiary/aromatic N) is 6. The highest BCUT2D eigenvalue weighted by molar-refractivity contribution is 6.05. The molecule has 0 aliphatic heterocycles. The van der Waals surface area contributed by atoms with Gasteiger partial charge in [-0.25, -0.2) is 19.9 Å². The average Bonchev–Trinajstić information content (AvgIpc) is 2.95. The van der Waals surface area contributed by atoms with E-state index < -0.39 is 5.91 Å². The summed E-state index contributed by atoms with van der Waals surface area (Å²) in [5, 5.41) is 9.78. The molecule has 0 bridgehead atoms. The maximum atomic E-state index is 12.5. The van der Waals surface area contributed by atoms with Crippen molar-refractivity contribution < 1.29 is 4.79 Å². The Balaban J connectivity index is 1.88. The quantitative estimate of drug-likeness (QED) is 0.747. The zero-order valence-electron chi connectivity index (χ0n) is 12.6. The van der Waals surface area contributed by atoms with Crippen molar-refractivity contribution in [3.8, 4) is 0 Å². The second-order valence-corrected chi connectivity index (χ2v) is 4.79. The van der Waals surface area contributed by atoms with E-state index in [1.54, 1.807) is 49.5 Å². The van der Waals surface area contributed by atoms with Crippen molar-refractivity contribution in [3.63, 3.8) is 0 Å². The van der Waals surface area contributed by atoms with Crippen molar-refractivity contribution in [3.05, 3.63) is 48.6 Å². The monoisotopic (exact) mass is 310 g/mol. The summed E-state index contributed by atoms with van der Waals surface area (Å²) in [6, 6.07) is 1.69. The number of hydrogen-bond acceptors (Lipinski definition) is 7. The third-order valence-corrected chi connectivity index (χ3v) is 2.89. The second kappa shape index (κ2) is 6.18. The fourth-order valence-corrected chi connectivity index (χ4v) is 1.88. The highest BCUT2D eigenvalue weighted by Gasteiger charge is 2.16. The SMILES string of the molecule is Cc1cnc(Nc2cncnc2)c(C(=O)Nc2ccn(C)n2)n1. The number of carbonyl (C=O) groups is 1. The van der Waals surface area contributed by atoms with Crippen LogP contribution < -0.4 is 10.6 Å². The Bertz CT molecular complexity index is 830. The van der Waals surface area contributed by atoms with E-state index in [-0.39, 0.29) is 5.69 Å². The fraction of sp³-hybridized carbons (Fsp3) is 0.143. The molecular weight excluding hydrogens is 296 g/mol. The summed E-state index contributed by atoms with van der Waals surface area (Å²) in [5.41, 5.74) is 1.41. The Kier molecular flexibility index (Phi) is 3.91. The van der Waals surface area contributed by atoms with Crippen LogP contribution in [-0.4, -0.2) is 35.6 Å². The zero-order chi connectivity index (χ0) is 16.2. The van der Waals surface area contributed by atoms with E-state index in [9.17, 15) is 4.79 Å². The van der Waals surface area contributed by atoms with Crippen LogP contribution in [-0.2, 0) is 7.05 Å². The van der Waals surface area contributed by atoms with Crippen LogP contribution >= 0.6 is 0 Å². The number of hydrogen-bond donors (Lipinski definition) is 2. The minimum absolute atomic E-state index is 0.166. The number of rotatable bonds is 4. The van der Waals surface area contributed by atoms with Crippen LogP contribution in [0, 0.1) is 6.92 Å². The Morgan fingerprint density at radius 3 is 2.70 bits per heavy atom. The molecule has 0 aliphatic carbocycles. The maximum absolute atomic E-state index is 12.5. The number of anilines is 3. The summed E-state index contributed by atoms with van der Waals surface area (Å²) in [7, 11) is 1.77. The van der Waals surface area contributed by atoms with E-state index in [2.05, 4.69) is 35.7 Å². The van der Waals surface area contributed by atoms with E-state index in [1.165, 1.54) is 6.33 Å². The molecule has 0 unspecified atom stereocenters. The van der Waals surface area contributed by atoms with Gasteiger partial charge in [-0.3, -0.25) is 9.48 Å². The lowest BCUT2D eigenvalue weighted by atomic mass is 10.3. The summed E-state index contributed by atoms with van der Waals surface area (Å²) in [6.07, 6.45) is 7.88. The van der Waals surface area contributed by atoms with Gasteiger partial charge in [-0.1, -0.05) is 0 Å². The van der Waals surface area contributed by atoms with Crippen molar-refractivity contribution in [2.45, 2.75) is 6.92 Å². The van der Waals surface area contributed by atoms with Crippen molar-refractivity contribution in [1.82, 2.24) is 29.7 Å². The average molecular weight is 310 g/mol. The molecular formula is C14H14N8O. The predicted molar refractivity (Wildman–Crippen MR) is 83.2 cm³/mol. The molecule has 23 heavy (non-hydrogen) atoms. The lowest BCUT2D eigenvalue weighted by molar-refractivity contribution is 0.102. The first-order valence-electron chi connectivity index (χ1n) is 6.78. The summed E-state index contributed by atoms with van der Waals surface area (Å²) in [6.45, 7) is 1.76. The van der Waals surface area contributed by atoms with Crippen LogP contribution in [0.3, 0.4) is 0 Å². The lowest BCUT2D eigenvalue weighted by Crippen LogP contribution is -2.17. The number of carbonyl (C=O) groups excluding carboxylic acids is 1. The van der Waals surface area contributed by atoms with Crippen LogP contribution in [0.15, 0.2) is 37.2 Å². The molecule has 0 aromatic carbocycles. The summed E-state index contributed by atoms with van der Waals surface area (Å²) >= 11 is 0. The van der Waals surface area contributed by atoms with Gasteiger partial charge in [0.1, 0.15) is 6.33 Å². The summed E-state index contributed by atoms with van der Waals surface area (Å²) in [5.74, 6) is 0.355. The molecule has 9 heteroatoms. The van der Waals surface area contributed by atoms with Gasteiger partial charge in [0.25, 0.3) is 5.91 Å². The first kappa shape index (κ1) is 14.6. The molecule has 116 valence electrons. The van der Waals surface area contributed by atoms with Gasteiger partial charge in [0.2, 0.25) is 0 Å². The largest absolute Gasteiger partial charge is 0.336 e. The smallest absolute Gasteiger partial charge is 0.279 e. The molecule has 0 spiro atoms. The molecule has 0 atom stereocenters. The first-order chi connectivity index (χ1) is 11.1. The Hall–Kier alpha value is -3.36. The number of nitrogens with one attached hydrogen (secondary N) is 2.